The first-order chi connectivity index (χ1) is 15.2. The van der Waals surface area contributed by atoms with E-state index in [1.807, 2.05) is 55.5 Å². The Balaban J connectivity index is 1.74. The zero-order valence-electron chi connectivity index (χ0n) is 17.2. The fourth-order valence-corrected chi connectivity index (χ4v) is 3.36. The minimum atomic E-state index is -0.398. The van der Waals surface area contributed by atoms with Gasteiger partial charge in [0, 0.05) is 5.39 Å². The average Bonchev–Trinajstić information content (AvgIpc) is 2.81. The number of hydrogen-bond acceptors (Lipinski definition) is 4. The third-order valence-electron chi connectivity index (χ3n) is 4.85. The van der Waals surface area contributed by atoms with E-state index in [0.717, 1.165) is 12.0 Å². The number of nitrogens with one attached hydrogen (secondary N) is 1. The summed E-state index contributed by atoms with van der Waals surface area (Å²) in [4.78, 5) is 26.2. The van der Waals surface area contributed by atoms with Crippen LogP contribution in [0.4, 0.5) is 5.69 Å². The van der Waals surface area contributed by atoms with Crippen molar-refractivity contribution in [2.45, 2.75) is 19.9 Å². The lowest BCUT2D eigenvalue weighted by molar-refractivity contribution is 0.102. The monoisotopic (exact) mass is 413 g/mol. The van der Waals surface area contributed by atoms with Crippen molar-refractivity contribution >= 4 is 22.4 Å². The maximum absolute atomic E-state index is 13.2. The number of ether oxygens (including phenoxy) is 1. The van der Waals surface area contributed by atoms with Gasteiger partial charge in [-0.3, -0.25) is 9.59 Å². The van der Waals surface area contributed by atoms with Crippen molar-refractivity contribution in [3.05, 3.63) is 100 Å². The Labute approximate surface area is 180 Å². The molecule has 1 amide bonds. The number of hydrogen-bond donors (Lipinski definition) is 1. The van der Waals surface area contributed by atoms with Gasteiger partial charge in [0.05, 0.1) is 24.2 Å². The Morgan fingerprint density at radius 3 is 2.39 bits per heavy atom. The van der Waals surface area contributed by atoms with Gasteiger partial charge in [-0.15, -0.1) is 0 Å². The molecule has 0 atom stereocenters. The highest BCUT2D eigenvalue weighted by atomic mass is 16.5. The van der Waals surface area contributed by atoms with Crippen LogP contribution in [0.15, 0.2) is 83.7 Å². The topological polar surface area (TPSA) is 73.2 Å². The second-order valence-electron chi connectivity index (χ2n) is 7.14. The molecule has 0 radical (unpaired) electrons. The normalized spacial score (nSPS) is 10.7. The van der Waals surface area contributed by atoms with Gasteiger partial charge in [0.25, 0.3) is 11.5 Å². The van der Waals surface area contributed by atoms with Crippen LogP contribution in [0.5, 0.6) is 5.75 Å². The van der Waals surface area contributed by atoms with Crippen LogP contribution in [0, 0.1) is 0 Å². The van der Waals surface area contributed by atoms with Crippen molar-refractivity contribution in [1.82, 2.24) is 9.78 Å². The maximum Gasteiger partial charge on any atom is 0.276 e. The molecule has 0 saturated heterocycles. The number of anilines is 1. The molecule has 0 saturated carbocycles. The molecule has 31 heavy (non-hydrogen) atoms. The van der Waals surface area contributed by atoms with Crippen LogP contribution in [0.1, 0.15) is 29.4 Å². The second-order valence-corrected chi connectivity index (χ2v) is 7.14. The molecule has 6 nitrogen and oxygen atoms in total. The standard InChI is InChI=1S/C25H23N3O3/c1-2-16-31-22-15-9-8-14-21(22)26-24(29)23-19-12-6-7-13-20(19)25(30)28(27-23)17-18-10-4-3-5-11-18/h3-15H,2,16-17H2,1H3,(H,26,29). The first-order valence-corrected chi connectivity index (χ1v) is 10.2. The highest BCUT2D eigenvalue weighted by Crippen LogP contribution is 2.25. The first kappa shape index (κ1) is 20.3. The van der Waals surface area contributed by atoms with E-state index in [9.17, 15) is 9.59 Å². The summed E-state index contributed by atoms with van der Waals surface area (Å²) >= 11 is 0. The largest absolute Gasteiger partial charge is 0.491 e. The van der Waals surface area contributed by atoms with E-state index < -0.39 is 5.91 Å². The molecule has 1 N–H and O–H groups in total. The molecular weight excluding hydrogens is 390 g/mol. The van der Waals surface area contributed by atoms with Crippen LogP contribution < -0.4 is 15.6 Å². The predicted octanol–water partition coefficient (Wildman–Crippen LogP) is 4.49. The van der Waals surface area contributed by atoms with Gasteiger partial charge < -0.3 is 10.1 Å². The van der Waals surface area contributed by atoms with Gasteiger partial charge in [-0.2, -0.15) is 5.10 Å². The summed E-state index contributed by atoms with van der Waals surface area (Å²) < 4.78 is 7.08. The quantitative estimate of drug-likeness (QED) is 0.485. The molecule has 1 heterocycles. The molecule has 0 aliphatic carbocycles. The number of benzene rings is 3. The molecule has 0 fully saturated rings. The molecule has 0 aliphatic heterocycles. The summed E-state index contributed by atoms with van der Waals surface area (Å²) in [5, 5.41) is 8.30. The van der Waals surface area contributed by atoms with Crippen LogP contribution in [0.3, 0.4) is 0 Å². The highest BCUT2D eigenvalue weighted by Gasteiger charge is 2.18. The lowest BCUT2D eigenvalue weighted by atomic mass is 10.1. The molecule has 0 bridgehead atoms. The van der Waals surface area contributed by atoms with Gasteiger partial charge >= 0.3 is 0 Å². The molecule has 6 heteroatoms. The number of rotatable bonds is 7. The van der Waals surface area contributed by atoms with Gasteiger partial charge in [0.1, 0.15) is 5.75 Å². The van der Waals surface area contributed by atoms with Gasteiger partial charge in [-0.1, -0.05) is 67.6 Å². The molecule has 3 aromatic carbocycles. The SMILES string of the molecule is CCCOc1ccccc1NC(=O)c1nn(Cc2ccccc2)c(=O)c2ccccc12. The molecule has 1 aromatic heterocycles. The van der Waals surface area contributed by atoms with Gasteiger partial charge in [0.15, 0.2) is 5.69 Å². The highest BCUT2D eigenvalue weighted by molar-refractivity contribution is 6.11. The van der Waals surface area contributed by atoms with Crippen LogP contribution in [0.25, 0.3) is 10.8 Å². The molecule has 156 valence electrons. The Morgan fingerprint density at radius 1 is 0.935 bits per heavy atom. The first-order valence-electron chi connectivity index (χ1n) is 10.2. The van der Waals surface area contributed by atoms with E-state index in [1.165, 1.54) is 4.68 Å². The number of aromatic nitrogens is 2. The molecular formula is C25H23N3O3. The van der Waals surface area contributed by atoms with Crippen molar-refractivity contribution in [2.24, 2.45) is 0 Å². The molecule has 0 spiro atoms. The molecule has 0 unspecified atom stereocenters. The summed E-state index contributed by atoms with van der Waals surface area (Å²) in [5.74, 6) is 0.199. The van der Waals surface area contributed by atoms with E-state index in [-0.39, 0.29) is 17.8 Å². The van der Waals surface area contributed by atoms with Crippen molar-refractivity contribution in [3.63, 3.8) is 0 Å². The van der Waals surface area contributed by atoms with Crippen molar-refractivity contribution in [1.29, 1.82) is 0 Å². The van der Waals surface area contributed by atoms with E-state index in [2.05, 4.69) is 10.4 Å². The number of para-hydroxylation sites is 2. The lowest BCUT2D eigenvalue weighted by Crippen LogP contribution is -2.28. The third kappa shape index (κ3) is 4.48. The second kappa shape index (κ2) is 9.26. The van der Waals surface area contributed by atoms with Crippen LogP contribution in [-0.4, -0.2) is 22.3 Å². The maximum atomic E-state index is 13.2. The van der Waals surface area contributed by atoms with Gasteiger partial charge in [0.2, 0.25) is 0 Å². The zero-order chi connectivity index (χ0) is 21.6. The average molecular weight is 413 g/mol. The Bertz CT molecular complexity index is 1270. The van der Waals surface area contributed by atoms with Crippen molar-refractivity contribution < 1.29 is 9.53 Å². The van der Waals surface area contributed by atoms with Gasteiger partial charge in [-0.05, 0) is 30.2 Å². The minimum absolute atomic E-state index is 0.191. The number of amides is 1. The third-order valence-corrected chi connectivity index (χ3v) is 4.85. The van der Waals surface area contributed by atoms with E-state index in [1.54, 1.807) is 30.3 Å². The number of nitrogens with zero attached hydrogens (tertiary/aromatic N) is 2. The van der Waals surface area contributed by atoms with E-state index in [4.69, 9.17) is 4.74 Å². The Hall–Kier alpha value is -3.93. The van der Waals surface area contributed by atoms with Gasteiger partial charge in [-0.25, -0.2) is 4.68 Å². The zero-order valence-corrected chi connectivity index (χ0v) is 17.2. The van der Waals surface area contributed by atoms with E-state index in [0.29, 0.717) is 28.8 Å². The number of carbonyl (C=O) groups is 1. The number of carbonyl (C=O) groups excluding carboxylic acids is 1. The van der Waals surface area contributed by atoms with Crippen molar-refractivity contribution in [3.8, 4) is 5.75 Å². The molecule has 4 aromatic rings. The lowest BCUT2D eigenvalue weighted by Gasteiger charge is -2.14. The summed E-state index contributed by atoms with van der Waals surface area (Å²) in [5.41, 5.74) is 1.45. The fraction of sp³-hybridized carbons (Fsp3) is 0.160. The smallest absolute Gasteiger partial charge is 0.276 e. The summed E-state index contributed by atoms with van der Waals surface area (Å²) in [7, 11) is 0. The van der Waals surface area contributed by atoms with Crippen LogP contribution >= 0.6 is 0 Å². The summed E-state index contributed by atoms with van der Waals surface area (Å²) in [6.07, 6.45) is 0.860. The molecule has 4 rings (SSSR count). The van der Waals surface area contributed by atoms with Crippen LogP contribution in [-0.2, 0) is 6.54 Å². The van der Waals surface area contributed by atoms with E-state index >= 15 is 0 Å². The predicted molar refractivity (Wildman–Crippen MR) is 122 cm³/mol. The fourth-order valence-electron chi connectivity index (χ4n) is 3.36. The van der Waals surface area contributed by atoms with Crippen LogP contribution in [0.2, 0.25) is 0 Å². The minimum Gasteiger partial charge on any atom is -0.491 e. The molecule has 0 aliphatic rings. The Morgan fingerprint density at radius 2 is 1.61 bits per heavy atom. The summed E-state index contributed by atoms with van der Waals surface area (Å²) in [6.45, 7) is 2.85. The van der Waals surface area contributed by atoms with Crippen molar-refractivity contribution in [2.75, 3.05) is 11.9 Å². The summed E-state index contributed by atoms with van der Waals surface area (Å²) in [6, 6.07) is 23.9. The Kier molecular flexibility index (Phi) is 6.08. The number of fused-ring (bicyclic) bond motifs is 1.